The molecule has 2 N–H and O–H groups in total. The van der Waals surface area contributed by atoms with Crippen LogP contribution in [-0.2, 0) is 29.0 Å². The van der Waals surface area contributed by atoms with Gasteiger partial charge in [0.25, 0.3) is 0 Å². The summed E-state index contributed by atoms with van der Waals surface area (Å²) in [5.41, 5.74) is 2.54. The van der Waals surface area contributed by atoms with Crippen molar-refractivity contribution in [3.8, 4) is 5.75 Å². The van der Waals surface area contributed by atoms with Crippen molar-refractivity contribution in [2.75, 3.05) is 25.5 Å². The van der Waals surface area contributed by atoms with Gasteiger partial charge in [0.15, 0.2) is 5.13 Å². The quantitative estimate of drug-likeness (QED) is 0.328. The molecular weight excluding hydrogens is 512 g/mol. The highest BCUT2D eigenvalue weighted by molar-refractivity contribution is 7.15. The molecule has 2 atom stereocenters. The summed E-state index contributed by atoms with van der Waals surface area (Å²) in [5, 5.41) is 7.88. The number of thiazole rings is 1. The van der Waals surface area contributed by atoms with Gasteiger partial charge in [-0.1, -0.05) is 36.4 Å². The number of furan rings is 1. The van der Waals surface area contributed by atoms with Crippen molar-refractivity contribution in [3.05, 3.63) is 76.5 Å². The number of methoxy groups -OCH3 is 1. The van der Waals surface area contributed by atoms with Crippen LogP contribution in [0, 0.1) is 0 Å². The van der Waals surface area contributed by atoms with Gasteiger partial charge in [-0.05, 0) is 43.9 Å². The van der Waals surface area contributed by atoms with E-state index in [0.29, 0.717) is 10.9 Å². The van der Waals surface area contributed by atoms with E-state index >= 15 is 0 Å². The van der Waals surface area contributed by atoms with Gasteiger partial charge >= 0.3 is 0 Å². The standard InChI is InChI=1S/C30H32N4O4S/c1-37-24-10-4-2-8-20(24)16-27(35)32-30-33-28-23(9-6-12-26(28)39-30)29(36)31-21-13-14-34(17-21)18-22-15-19-7-3-5-11-25(19)38-22/h2-5,7-8,10-11,15,21,23H,6,9,12-14,16-18H2,1H3,(H,31,36)(H,32,33,35). The van der Waals surface area contributed by atoms with Gasteiger partial charge in [-0.2, -0.15) is 0 Å². The molecule has 9 heteroatoms. The van der Waals surface area contributed by atoms with Crippen LogP contribution in [0.1, 0.15) is 47.1 Å². The fraction of sp³-hybridized carbons (Fsp3) is 0.367. The second-order valence-electron chi connectivity index (χ2n) is 10.3. The normalized spacial score (nSPS) is 19.1. The van der Waals surface area contributed by atoms with Gasteiger partial charge in [-0.3, -0.25) is 14.5 Å². The van der Waals surface area contributed by atoms with Crippen LogP contribution < -0.4 is 15.4 Å². The Hall–Kier alpha value is -3.69. The van der Waals surface area contributed by atoms with Crippen LogP contribution in [0.25, 0.3) is 11.0 Å². The summed E-state index contributed by atoms with van der Waals surface area (Å²) in [7, 11) is 1.60. The maximum atomic E-state index is 13.4. The first-order valence-corrected chi connectivity index (χ1v) is 14.3. The first kappa shape index (κ1) is 25.6. The number of benzene rings is 2. The van der Waals surface area contributed by atoms with E-state index in [4.69, 9.17) is 14.1 Å². The third-order valence-electron chi connectivity index (χ3n) is 7.54. The van der Waals surface area contributed by atoms with Crippen molar-refractivity contribution >= 4 is 39.3 Å². The Bertz CT molecular complexity index is 1460. The molecule has 2 aliphatic rings. The molecule has 202 valence electrons. The Morgan fingerprint density at radius 2 is 2.00 bits per heavy atom. The Morgan fingerprint density at radius 1 is 1.15 bits per heavy atom. The third-order valence-corrected chi connectivity index (χ3v) is 8.58. The number of para-hydroxylation sites is 2. The van der Waals surface area contributed by atoms with Crippen LogP contribution in [0.2, 0.25) is 0 Å². The van der Waals surface area contributed by atoms with Crippen LogP contribution in [0.5, 0.6) is 5.75 Å². The zero-order valence-corrected chi connectivity index (χ0v) is 22.8. The SMILES string of the molecule is COc1ccccc1CC(=O)Nc1nc2c(s1)CCCC2C(=O)NC1CCN(Cc2cc3ccccc3o2)C1. The number of carbonyl (C=O) groups is 2. The maximum Gasteiger partial charge on any atom is 0.230 e. The second-order valence-corrected chi connectivity index (χ2v) is 11.4. The van der Waals surface area contributed by atoms with E-state index in [-0.39, 0.29) is 30.2 Å². The van der Waals surface area contributed by atoms with Gasteiger partial charge in [-0.15, -0.1) is 11.3 Å². The van der Waals surface area contributed by atoms with Crippen molar-refractivity contribution in [2.24, 2.45) is 0 Å². The minimum absolute atomic E-state index is 0.0312. The molecule has 2 amide bonds. The molecule has 0 spiro atoms. The predicted molar refractivity (Wildman–Crippen MR) is 151 cm³/mol. The summed E-state index contributed by atoms with van der Waals surface area (Å²) in [4.78, 5) is 34.2. The predicted octanol–water partition coefficient (Wildman–Crippen LogP) is 4.89. The van der Waals surface area contributed by atoms with Gasteiger partial charge in [0.1, 0.15) is 17.1 Å². The zero-order valence-electron chi connectivity index (χ0n) is 21.9. The molecule has 1 saturated heterocycles. The van der Waals surface area contributed by atoms with Crippen LogP contribution in [0.4, 0.5) is 5.13 Å². The maximum absolute atomic E-state index is 13.4. The van der Waals surface area contributed by atoms with E-state index in [1.165, 1.54) is 11.3 Å². The van der Waals surface area contributed by atoms with E-state index in [2.05, 4.69) is 27.7 Å². The minimum Gasteiger partial charge on any atom is -0.496 e. The number of carbonyl (C=O) groups excluding carboxylic acids is 2. The number of aromatic nitrogens is 1. The number of likely N-dealkylation sites (tertiary alicyclic amines) is 1. The van der Waals surface area contributed by atoms with Crippen molar-refractivity contribution in [3.63, 3.8) is 0 Å². The summed E-state index contributed by atoms with van der Waals surface area (Å²) < 4.78 is 11.3. The number of hydrogen-bond donors (Lipinski definition) is 2. The number of anilines is 1. The van der Waals surface area contributed by atoms with Crippen molar-refractivity contribution < 1.29 is 18.7 Å². The third kappa shape index (κ3) is 5.69. The summed E-state index contributed by atoms with van der Waals surface area (Å²) in [6.07, 6.45) is 3.70. The average Bonchev–Trinajstić information content (AvgIpc) is 3.66. The number of nitrogens with zero attached hydrogens (tertiary/aromatic N) is 2. The fourth-order valence-corrected chi connectivity index (χ4v) is 6.72. The number of amides is 2. The molecule has 2 unspecified atom stereocenters. The smallest absolute Gasteiger partial charge is 0.230 e. The first-order valence-electron chi connectivity index (χ1n) is 13.5. The van der Waals surface area contributed by atoms with Gasteiger partial charge < -0.3 is 19.8 Å². The molecule has 3 heterocycles. The molecule has 8 nitrogen and oxygen atoms in total. The molecule has 6 rings (SSSR count). The molecule has 2 aromatic carbocycles. The second kappa shape index (κ2) is 11.2. The van der Waals surface area contributed by atoms with Gasteiger partial charge in [-0.25, -0.2) is 4.98 Å². The number of aryl methyl sites for hydroxylation is 1. The highest BCUT2D eigenvalue weighted by Crippen LogP contribution is 2.37. The highest BCUT2D eigenvalue weighted by atomic mass is 32.1. The number of rotatable bonds is 8. The molecule has 0 radical (unpaired) electrons. The van der Waals surface area contributed by atoms with Crippen LogP contribution >= 0.6 is 11.3 Å². The minimum atomic E-state index is -0.283. The lowest BCUT2D eigenvalue weighted by atomic mass is 9.90. The lowest BCUT2D eigenvalue weighted by Crippen LogP contribution is -2.40. The largest absolute Gasteiger partial charge is 0.496 e. The number of nitrogens with one attached hydrogen (secondary N) is 2. The number of ether oxygens (including phenoxy) is 1. The van der Waals surface area contributed by atoms with E-state index in [1.807, 2.05) is 42.5 Å². The Morgan fingerprint density at radius 3 is 2.87 bits per heavy atom. The fourth-order valence-electron chi connectivity index (χ4n) is 5.64. The topological polar surface area (TPSA) is 96.7 Å². The zero-order chi connectivity index (χ0) is 26.8. The molecular formula is C30H32N4O4S. The summed E-state index contributed by atoms with van der Waals surface area (Å²) >= 11 is 1.48. The number of hydrogen-bond acceptors (Lipinski definition) is 7. The Labute approximate surface area is 231 Å². The van der Waals surface area contributed by atoms with E-state index in [0.717, 1.165) is 78.2 Å². The van der Waals surface area contributed by atoms with Crippen LogP contribution in [0.3, 0.4) is 0 Å². The molecule has 1 fully saturated rings. The molecule has 2 aromatic heterocycles. The lowest BCUT2D eigenvalue weighted by molar-refractivity contribution is -0.123. The highest BCUT2D eigenvalue weighted by Gasteiger charge is 2.33. The molecule has 0 bridgehead atoms. The van der Waals surface area contributed by atoms with Crippen molar-refractivity contribution in [1.82, 2.24) is 15.2 Å². The van der Waals surface area contributed by atoms with Crippen molar-refractivity contribution in [2.45, 2.75) is 50.6 Å². The van der Waals surface area contributed by atoms with Gasteiger partial charge in [0.2, 0.25) is 11.8 Å². The van der Waals surface area contributed by atoms with Crippen LogP contribution in [-0.4, -0.2) is 47.9 Å². The Kier molecular flexibility index (Phi) is 7.34. The summed E-state index contributed by atoms with van der Waals surface area (Å²) in [6, 6.07) is 17.7. The monoisotopic (exact) mass is 544 g/mol. The first-order chi connectivity index (χ1) is 19.1. The van der Waals surface area contributed by atoms with E-state index < -0.39 is 0 Å². The summed E-state index contributed by atoms with van der Waals surface area (Å²) in [6.45, 7) is 2.44. The van der Waals surface area contributed by atoms with E-state index in [1.54, 1.807) is 7.11 Å². The average molecular weight is 545 g/mol. The molecule has 1 aliphatic carbocycles. The van der Waals surface area contributed by atoms with Crippen LogP contribution in [0.15, 0.2) is 59.0 Å². The summed E-state index contributed by atoms with van der Waals surface area (Å²) in [5.74, 6) is 1.23. The van der Waals surface area contributed by atoms with Gasteiger partial charge in [0.05, 0.1) is 31.7 Å². The van der Waals surface area contributed by atoms with Crippen molar-refractivity contribution in [1.29, 1.82) is 0 Å². The Balaban J connectivity index is 1.05. The van der Waals surface area contributed by atoms with E-state index in [9.17, 15) is 9.59 Å². The number of fused-ring (bicyclic) bond motifs is 2. The lowest BCUT2D eigenvalue weighted by Gasteiger charge is -2.23. The molecule has 0 saturated carbocycles. The van der Waals surface area contributed by atoms with Gasteiger partial charge in [0, 0.05) is 35.0 Å². The molecule has 39 heavy (non-hydrogen) atoms. The molecule has 4 aromatic rings. The molecule has 1 aliphatic heterocycles.